The normalized spacial score (nSPS) is 21.0. The van der Waals surface area contributed by atoms with Gasteiger partial charge in [0.2, 0.25) is 5.91 Å². The molecule has 1 amide bonds. The lowest BCUT2D eigenvalue weighted by molar-refractivity contribution is -0.114. The lowest BCUT2D eigenvalue weighted by Crippen LogP contribution is -2.15. The summed E-state index contributed by atoms with van der Waals surface area (Å²) in [7, 11) is 0. The fourth-order valence-electron chi connectivity index (χ4n) is 3.03. The summed E-state index contributed by atoms with van der Waals surface area (Å²) >= 11 is 11.5. The van der Waals surface area contributed by atoms with Crippen LogP contribution in [0.4, 0.5) is 14.5 Å². The van der Waals surface area contributed by atoms with Crippen LogP contribution >= 0.6 is 23.2 Å². The molecule has 0 radical (unpaired) electrons. The van der Waals surface area contributed by atoms with Gasteiger partial charge in [0.15, 0.2) is 0 Å². The van der Waals surface area contributed by atoms with Gasteiger partial charge in [0.05, 0.1) is 10.1 Å². The van der Waals surface area contributed by atoms with E-state index in [1.807, 2.05) is 0 Å². The third-order valence-corrected chi connectivity index (χ3v) is 4.88. The molecule has 2 rings (SSSR count). The summed E-state index contributed by atoms with van der Waals surface area (Å²) in [4.78, 5) is 11.5. The van der Waals surface area contributed by atoms with Gasteiger partial charge in [-0.25, -0.2) is 8.78 Å². The standard InChI is InChI=1S/C19H20Cl2F2N2O/c1-3-15(20)17(22)6-4-5-12-9-24-10-14(12)13-7-18(23)16(21)8-19(13)25-11(2)26/h3-4,6-8,12,14,24H,1,5,9-10H2,2H3,(H,25,26)/b6-4-,17-15-/t12-,14+/m0/s1. The predicted molar refractivity (Wildman–Crippen MR) is 103 cm³/mol. The Kier molecular flexibility index (Phi) is 7.38. The number of hydrogen-bond donors (Lipinski definition) is 2. The highest BCUT2D eigenvalue weighted by molar-refractivity contribution is 6.31. The van der Waals surface area contributed by atoms with E-state index in [-0.39, 0.29) is 27.8 Å². The van der Waals surface area contributed by atoms with Crippen LogP contribution in [0.5, 0.6) is 0 Å². The van der Waals surface area contributed by atoms with Crippen molar-refractivity contribution in [3.8, 4) is 0 Å². The van der Waals surface area contributed by atoms with Gasteiger partial charge in [-0.1, -0.05) is 35.9 Å². The quantitative estimate of drug-likeness (QED) is 0.636. The fraction of sp³-hybridized carbons (Fsp3) is 0.316. The first kappa shape index (κ1) is 20.6. The Labute approximate surface area is 161 Å². The molecule has 1 aliphatic heterocycles. The van der Waals surface area contributed by atoms with Crippen molar-refractivity contribution < 1.29 is 13.6 Å². The van der Waals surface area contributed by atoms with Crippen molar-refractivity contribution in [1.82, 2.24) is 5.32 Å². The summed E-state index contributed by atoms with van der Waals surface area (Å²) in [5.74, 6) is -1.29. The molecule has 0 aromatic heterocycles. The molecule has 1 aromatic rings. The number of benzene rings is 1. The minimum absolute atomic E-state index is 0.0461. The lowest BCUT2D eigenvalue weighted by atomic mass is 9.85. The van der Waals surface area contributed by atoms with E-state index in [9.17, 15) is 13.6 Å². The monoisotopic (exact) mass is 400 g/mol. The molecule has 3 nitrogen and oxygen atoms in total. The van der Waals surface area contributed by atoms with E-state index in [2.05, 4.69) is 17.2 Å². The van der Waals surface area contributed by atoms with Gasteiger partial charge in [0.25, 0.3) is 0 Å². The molecule has 2 N–H and O–H groups in total. The summed E-state index contributed by atoms with van der Waals surface area (Å²) in [6, 6.07) is 2.78. The van der Waals surface area contributed by atoms with Crippen LogP contribution in [0, 0.1) is 11.7 Å². The first-order valence-electron chi connectivity index (χ1n) is 8.15. The Morgan fingerprint density at radius 1 is 1.46 bits per heavy atom. The molecular weight excluding hydrogens is 381 g/mol. The zero-order valence-corrected chi connectivity index (χ0v) is 15.8. The summed E-state index contributed by atoms with van der Waals surface area (Å²) in [6.45, 7) is 6.11. The summed E-state index contributed by atoms with van der Waals surface area (Å²) < 4.78 is 27.7. The number of allylic oxidation sites excluding steroid dienone is 5. The van der Waals surface area contributed by atoms with E-state index in [4.69, 9.17) is 23.2 Å². The van der Waals surface area contributed by atoms with Crippen LogP contribution in [-0.4, -0.2) is 19.0 Å². The van der Waals surface area contributed by atoms with Crippen molar-refractivity contribution in [1.29, 1.82) is 0 Å². The van der Waals surface area contributed by atoms with E-state index < -0.39 is 11.6 Å². The average molecular weight is 401 g/mol. The number of carbonyl (C=O) groups excluding carboxylic acids is 1. The zero-order chi connectivity index (χ0) is 19.3. The lowest BCUT2D eigenvalue weighted by Gasteiger charge is -2.21. The van der Waals surface area contributed by atoms with Gasteiger partial charge in [0.1, 0.15) is 11.6 Å². The first-order chi connectivity index (χ1) is 12.3. The highest BCUT2D eigenvalue weighted by Gasteiger charge is 2.30. The first-order valence-corrected chi connectivity index (χ1v) is 8.90. The molecule has 1 saturated heterocycles. The number of amides is 1. The van der Waals surface area contributed by atoms with Gasteiger partial charge in [-0.3, -0.25) is 4.79 Å². The molecular formula is C19H20Cl2F2N2O. The number of rotatable bonds is 6. The molecule has 7 heteroatoms. The largest absolute Gasteiger partial charge is 0.326 e. The van der Waals surface area contributed by atoms with Gasteiger partial charge in [0, 0.05) is 25.1 Å². The van der Waals surface area contributed by atoms with Gasteiger partial charge in [-0.2, -0.15) is 0 Å². The van der Waals surface area contributed by atoms with Crippen molar-refractivity contribution in [2.24, 2.45) is 5.92 Å². The van der Waals surface area contributed by atoms with Gasteiger partial charge >= 0.3 is 0 Å². The summed E-state index contributed by atoms with van der Waals surface area (Å²) in [6.07, 6.45) is 4.79. The molecule has 0 saturated carbocycles. The van der Waals surface area contributed by atoms with E-state index >= 15 is 0 Å². The summed E-state index contributed by atoms with van der Waals surface area (Å²) in [5, 5.41) is 5.87. The Bertz CT molecular complexity index is 762. The average Bonchev–Trinajstić information content (AvgIpc) is 3.04. The Morgan fingerprint density at radius 3 is 2.85 bits per heavy atom. The van der Waals surface area contributed by atoms with Crippen molar-refractivity contribution in [3.05, 3.63) is 64.2 Å². The van der Waals surface area contributed by atoms with E-state index in [1.165, 1.54) is 31.2 Å². The number of anilines is 1. The molecule has 0 unspecified atom stereocenters. The second-order valence-electron chi connectivity index (χ2n) is 6.10. The maximum Gasteiger partial charge on any atom is 0.221 e. The van der Waals surface area contributed by atoms with Crippen LogP contribution in [0.1, 0.15) is 24.8 Å². The Balaban J connectivity index is 2.24. The van der Waals surface area contributed by atoms with Crippen LogP contribution in [0.3, 0.4) is 0 Å². The molecule has 1 heterocycles. The second-order valence-corrected chi connectivity index (χ2v) is 6.91. The maximum atomic E-state index is 14.0. The number of halogens is 4. The van der Waals surface area contributed by atoms with Crippen molar-refractivity contribution >= 4 is 34.8 Å². The highest BCUT2D eigenvalue weighted by Crippen LogP contribution is 2.37. The van der Waals surface area contributed by atoms with E-state index in [0.29, 0.717) is 30.8 Å². The van der Waals surface area contributed by atoms with E-state index in [0.717, 1.165) is 0 Å². The topological polar surface area (TPSA) is 41.1 Å². The summed E-state index contributed by atoms with van der Waals surface area (Å²) in [5.41, 5.74) is 1.16. The predicted octanol–water partition coefficient (Wildman–Crippen LogP) is 5.29. The van der Waals surface area contributed by atoms with Crippen molar-refractivity contribution in [3.63, 3.8) is 0 Å². The Hall–Kier alpha value is -1.69. The maximum absolute atomic E-state index is 14.0. The third kappa shape index (κ3) is 5.16. The minimum atomic E-state index is -0.555. The van der Waals surface area contributed by atoms with Gasteiger partial charge < -0.3 is 10.6 Å². The molecule has 2 atom stereocenters. The van der Waals surface area contributed by atoms with Crippen LogP contribution < -0.4 is 10.6 Å². The Morgan fingerprint density at radius 2 is 2.19 bits per heavy atom. The second kappa shape index (κ2) is 9.31. The molecule has 1 fully saturated rings. The van der Waals surface area contributed by atoms with Crippen LogP contribution in [-0.2, 0) is 4.79 Å². The van der Waals surface area contributed by atoms with Crippen LogP contribution in [0.2, 0.25) is 5.02 Å². The molecule has 1 aromatic carbocycles. The zero-order valence-electron chi connectivity index (χ0n) is 14.3. The van der Waals surface area contributed by atoms with Crippen molar-refractivity contribution in [2.75, 3.05) is 18.4 Å². The smallest absolute Gasteiger partial charge is 0.221 e. The molecule has 0 bridgehead atoms. The van der Waals surface area contributed by atoms with Crippen LogP contribution in [0.25, 0.3) is 0 Å². The number of hydrogen-bond acceptors (Lipinski definition) is 2. The molecule has 1 aliphatic rings. The van der Waals surface area contributed by atoms with Gasteiger partial charge in [-0.15, -0.1) is 0 Å². The molecule has 0 spiro atoms. The highest BCUT2D eigenvalue weighted by atomic mass is 35.5. The van der Waals surface area contributed by atoms with Crippen LogP contribution in [0.15, 0.2) is 47.8 Å². The SMILES string of the molecule is C=C/C(Cl)=C(F)\C=C/C[C@H]1CNC[C@H]1c1cc(F)c(Cl)cc1NC(C)=O. The molecule has 140 valence electrons. The number of nitrogens with one attached hydrogen (secondary N) is 2. The molecule has 0 aliphatic carbocycles. The minimum Gasteiger partial charge on any atom is -0.326 e. The molecule has 26 heavy (non-hydrogen) atoms. The third-order valence-electron chi connectivity index (χ3n) is 4.25. The van der Waals surface area contributed by atoms with Crippen molar-refractivity contribution in [2.45, 2.75) is 19.3 Å². The van der Waals surface area contributed by atoms with Gasteiger partial charge in [-0.05, 0) is 48.7 Å². The fourth-order valence-corrected chi connectivity index (χ4v) is 3.26. The number of carbonyl (C=O) groups is 1. The van der Waals surface area contributed by atoms with E-state index in [1.54, 1.807) is 6.08 Å².